The van der Waals surface area contributed by atoms with Crippen LogP contribution in [0, 0.1) is 30.6 Å². The summed E-state index contributed by atoms with van der Waals surface area (Å²) in [4.78, 5) is 65.5. The number of carbonyl (C=O) groups is 4. The molecular formula is C48H40N4O7. The molecule has 3 heterocycles. The lowest BCUT2D eigenvalue weighted by atomic mass is 9.49. The van der Waals surface area contributed by atoms with Gasteiger partial charge in [0.05, 0.1) is 41.2 Å². The van der Waals surface area contributed by atoms with Gasteiger partial charge in [0.25, 0.3) is 11.8 Å². The second-order valence-corrected chi connectivity index (χ2v) is 15.8. The summed E-state index contributed by atoms with van der Waals surface area (Å²) < 4.78 is 11.8. The second-order valence-electron chi connectivity index (χ2n) is 15.8. The number of allylic oxidation sites excluding steroid dienone is 2. The minimum atomic E-state index is -1.45. The van der Waals surface area contributed by atoms with E-state index in [9.17, 15) is 19.5 Å². The lowest BCUT2D eigenvalue weighted by molar-refractivity contribution is -0.138. The number of rotatable bonds is 8. The molecule has 0 bridgehead atoms. The molecule has 6 aromatic rings. The molecule has 1 saturated carbocycles. The lowest BCUT2D eigenvalue weighted by Crippen LogP contribution is -2.53. The average molecular weight is 785 g/mol. The van der Waals surface area contributed by atoms with Crippen molar-refractivity contribution in [2.75, 3.05) is 16.9 Å². The molecule has 2 aliphatic heterocycles. The van der Waals surface area contributed by atoms with Gasteiger partial charge < -0.3 is 14.3 Å². The van der Waals surface area contributed by atoms with Crippen LogP contribution in [0.4, 0.5) is 11.4 Å². The van der Waals surface area contributed by atoms with Gasteiger partial charge in [0.1, 0.15) is 5.52 Å². The number of hydrogen-bond acceptors (Lipinski definition) is 9. The highest BCUT2D eigenvalue weighted by molar-refractivity contribution is 6.22. The maximum Gasteiger partial charge on any atom is 0.260 e. The monoisotopic (exact) mass is 784 g/mol. The zero-order valence-corrected chi connectivity index (χ0v) is 32.4. The molecule has 2 N–H and O–H groups in total. The van der Waals surface area contributed by atoms with Gasteiger partial charge in [0, 0.05) is 11.5 Å². The lowest BCUT2D eigenvalue weighted by Gasteiger charge is -2.50. The largest absolute Gasteiger partial charge is 0.504 e. The van der Waals surface area contributed by atoms with E-state index in [0.717, 1.165) is 21.7 Å². The van der Waals surface area contributed by atoms with Gasteiger partial charge in [-0.1, -0.05) is 77.9 Å². The van der Waals surface area contributed by atoms with Gasteiger partial charge in [-0.15, -0.1) is 0 Å². The highest BCUT2D eigenvalue weighted by Gasteiger charge is 2.70. The number of fused-ring (bicyclic) bond motifs is 5. The van der Waals surface area contributed by atoms with Crippen molar-refractivity contribution >= 4 is 46.1 Å². The predicted octanol–water partition coefficient (Wildman–Crippen LogP) is 8.10. The highest BCUT2D eigenvalue weighted by Crippen LogP contribution is 2.64. The molecule has 1 aromatic heterocycles. The quantitative estimate of drug-likeness (QED) is 0.116. The summed E-state index contributed by atoms with van der Waals surface area (Å²) in [5, 5.41) is 12.0. The molecule has 10 rings (SSSR count). The number of hydrogen-bond donors (Lipinski definition) is 2. The van der Waals surface area contributed by atoms with Gasteiger partial charge in [-0.2, -0.15) is 5.01 Å². The number of para-hydroxylation sites is 2. The van der Waals surface area contributed by atoms with Crippen LogP contribution in [0.5, 0.6) is 11.5 Å². The molecule has 294 valence electrons. The Bertz CT molecular complexity index is 2670. The SMILES string of the molecule is CCOc1cc(C2C3=CCC4C(=O)N(c5ccc(-c6nc7ccccc7o6)cc5)C(=O)C4C3CC3C(=O)N(Nc4ccc(C)cc4)C(=O)C32c2ccccc2)ccc1O. The predicted molar refractivity (Wildman–Crippen MR) is 220 cm³/mol. The summed E-state index contributed by atoms with van der Waals surface area (Å²) in [7, 11) is 0. The third-order valence-corrected chi connectivity index (χ3v) is 12.7. The fourth-order valence-electron chi connectivity index (χ4n) is 10.1. The van der Waals surface area contributed by atoms with Crippen LogP contribution in [0.3, 0.4) is 0 Å². The number of hydrazine groups is 1. The van der Waals surface area contributed by atoms with Crippen LogP contribution in [-0.2, 0) is 24.6 Å². The third-order valence-electron chi connectivity index (χ3n) is 12.7. The molecule has 11 nitrogen and oxygen atoms in total. The number of phenolic OH excluding ortho intramolecular Hbond substituents is 1. The summed E-state index contributed by atoms with van der Waals surface area (Å²) in [5.74, 6) is -4.55. The molecule has 6 atom stereocenters. The van der Waals surface area contributed by atoms with E-state index >= 15 is 4.79 Å². The van der Waals surface area contributed by atoms with Crippen molar-refractivity contribution < 1.29 is 33.4 Å². The number of aryl methyl sites for hydroxylation is 1. The van der Waals surface area contributed by atoms with Crippen LogP contribution >= 0.6 is 0 Å². The van der Waals surface area contributed by atoms with Crippen LogP contribution in [0.1, 0.15) is 42.4 Å². The number of aromatic hydroxyl groups is 1. The maximum atomic E-state index is 15.4. The zero-order chi connectivity index (χ0) is 40.6. The van der Waals surface area contributed by atoms with Crippen molar-refractivity contribution in [3.05, 3.63) is 150 Å². The molecule has 59 heavy (non-hydrogen) atoms. The van der Waals surface area contributed by atoms with Gasteiger partial charge in [-0.3, -0.25) is 29.5 Å². The van der Waals surface area contributed by atoms with E-state index in [1.165, 1.54) is 4.90 Å². The molecule has 5 aromatic carbocycles. The number of aromatic nitrogens is 1. The smallest absolute Gasteiger partial charge is 0.260 e. The Morgan fingerprint density at radius 1 is 0.847 bits per heavy atom. The molecule has 2 saturated heterocycles. The summed E-state index contributed by atoms with van der Waals surface area (Å²) in [6, 6.07) is 36.4. The summed E-state index contributed by atoms with van der Waals surface area (Å²) in [6.07, 6.45) is 2.45. The number of anilines is 2. The molecule has 0 radical (unpaired) electrons. The van der Waals surface area contributed by atoms with E-state index in [-0.39, 0.29) is 42.8 Å². The molecule has 11 heteroatoms. The van der Waals surface area contributed by atoms with E-state index in [1.807, 2.05) is 98.8 Å². The number of carbonyl (C=O) groups excluding carboxylic acids is 4. The summed E-state index contributed by atoms with van der Waals surface area (Å²) >= 11 is 0. The van der Waals surface area contributed by atoms with Crippen molar-refractivity contribution in [1.82, 2.24) is 9.99 Å². The third kappa shape index (κ3) is 5.51. The van der Waals surface area contributed by atoms with Gasteiger partial charge >= 0.3 is 0 Å². The first-order valence-corrected chi connectivity index (χ1v) is 20.0. The van der Waals surface area contributed by atoms with Gasteiger partial charge in [0.15, 0.2) is 17.1 Å². The molecule has 3 fully saturated rings. The Morgan fingerprint density at radius 3 is 2.34 bits per heavy atom. The van der Waals surface area contributed by atoms with Crippen LogP contribution in [0.25, 0.3) is 22.6 Å². The number of nitrogens with one attached hydrogen (secondary N) is 1. The summed E-state index contributed by atoms with van der Waals surface area (Å²) in [6.45, 7) is 4.07. The van der Waals surface area contributed by atoms with E-state index in [2.05, 4.69) is 10.4 Å². The Labute approximate surface area is 339 Å². The second kappa shape index (κ2) is 13.8. The number of ether oxygens (including phenoxy) is 1. The van der Waals surface area contributed by atoms with Gasteiger partial charge in [0.2, 0.25) is 17.7 Å². The van der Waals surface area contributed by atoms with Gasteiger partial charge in [-0.05, 0) is 104 Å². The first-order valence-electron chi connectivity index (χ1n) is 20.0. The number of nitrogens with zero attached hydrogens (tertiary/aromatic N) is 3. The Balaban J connectivity index is 1.08. The minimum Gasteiger partial charge on any atom is -0.504 e. The fraction of sp³-hybridized carbons (Fsp3) is 0.229. The van der Waals surface area contributed by atoms with Crippen LogP contribution in [0.2, 0.25) is 0 Å². The van der Waals surface area contributed by atoms with Crippen LogP contribution in [-0.4, -0.2) is 45.3 Å². The van der Waals surface area contributed by atoms with Crippen molar-refractivity contribution in [3.63, 3.8) is 0 Å². The van der Waals surface area contributed by atoms with E-state index in [0.29, 0.717) is 39.5 Å². The number of benzene rings is 5. The Kier molecular flexibility index (Phi) is 8.52. The van der Waals surface area contributed by atoms with E-state index in [4.69, 9.17) is 9.15 Å². The van der Waals surface area contributed by atoms with Crippen molar-refractivity contribution in [1.29, 1.82) is 0 Å². The number of imide groups is 2. The first-order chi connectivity index (χ1) is 28.7. The minimum absolute atomic E-state index is 0.0585. The normalized spacial score (nSPS) is 24.8. The highest BCUT2D eigenvalue weighted by atomic mass is 16.5. The molecular weight excluding hydrogens is 745 g/mol. The standard InChI is InChI=1S/C48H40N4O7/c1-3-58-40-25-29(17-24-38(40)53)42-33-22-23-34-41(46(56)51(44(34)54)32-20-15-28(16-21-32)43-49-37-11-7-8-12-39(37)59-43)35(33)26-36-45(55)52(50-31-18-13-27(2)14-19-31)47(57)48(36,42)30-9-5-4-6-10-30/h4-22,24-25,34-36,41-42,50,53H,3,23,26H2,1-2H3. The average Bonchev–Trinajstić information content (AvgIpc) is 3.87. The van der Waals surface area contributed by atoms with Crippen LogP contribution in [0.15, 0.2) is 137 Å². The first kappa shape index (κ1) is 36.3. The number of oxazole rings is 1. The molecule has 4 aliphatic rings. The Hall–Kier alpha value is -7.01. The Morgan fingerprint density at radius 2 is 1.59 bits per heavy atom. The fourth-order valence-corrected chi connectivity index (χ4v) is 10.1. The van der Waals surface area contributed by atoms with E-state index < -0.39 is 46.8 Å². The molecule has 0 spiro atoms. The molecule has 2 aliphatic carbocycles. The van der Waals surface area contributed by atoms with Crippen molar-refractivity contribution in [2.24, 2.45) is 23.7 Å². The van der Waals surface area contributed by atoms with Crippen molar-refractivity contribution in [2.45, 2.75) is 38.0 Å². The zero-order valence-electron chi connectivity index (χ0n) is 32.4. The maximum absolute atomic E-state index is 15.4. The molecule has 6 unspecified atom stereocenters. The topological polar surface area (TPSA) is 142 Å². The number of phenols is 1. The van der Waals surface area contributed by atoms with Crippen LogP contribution < -0.4 is 15.1 Å². The summed E-state index contributed by atoms with van der Waals surface area (Å²) in [5.41, 5.74) is 7.92. The number of amides is 4. The molecule has 4 amide bonds. The van der Waals surface area contributed by atoms with Gasteiger partial charge in [-0.25, -0.2) is 4.98 Å². The van der Waals surface area contributed by atoms with E-state index in [1.54, 1.807) is 42.5 Å². The van der Waals surface area contributed by atoms with Crippen molar-refractivity contribution in [3.8, 4) is 23.0 Å².